The number of nitrogens with one attached hydrogen (secondary N) is 1. The molecule has 0 aliphatic carbocycles. The fraction of sp³-hybridized carbons (Fsp3) is 0.100. The predicted molar refractivity (Wildman–Crippen MR) is 145 cm³/mol. The summed E-state index contributed by atoms with van der Waals surface area (Å²) < 4.78 is 27.7. The average molecular weight is 527 g/mol. The third kappa shape index (κ3) is 5.25. The van der Waals surface area contributed by atoms with Crippen molar-refractivity contribution < 1.29 is 18.8 Å². The first-order valence-electron chi connectivity index (χ1n) is 12.2. The monoisotopic (exact) mass is 526 g/mol. The van der Waals surface area contributed by atoms with Crippen molar-refractivity contribution in [3.05, 3.63) is 124 Å². The Kier molecular flexibility index (Phi) is 7.16. The maximum Gasteiger partial charge on any atom is 0.297 e. The number of carbonyl (C=O) groups excluding carboxylic acids is 1. The molecule has 0 amide bonds. The van der Waals surface area contributed by atoms with Crippen molar-refractivity contribution in [1.82, 2.24) is 9.71 Å². The number of hydrogen-bond acceptors (Lipinski definition) is 6. The van der Waals surface area contributed by atoms with Crippen molar-refractivity contribution in [3.63, 3.8) is 0 Å². The molecule has 2 heterocycles. The van der Waals surface area contributed by atoms with Crippen LogP contribution in [0.2, 0.25) is 0 Å². The smallest absolute Gasteiger partial charge is 0.297 e. The molecule has 5 rings (SSSR count). The summed E-state index contributed by atoms with van der Waals surface area (Å²) in [5.41, 5.74) is 8.30. The first-order valence-corrected chi connectivity index (χ1v) is 12.2. The van der Waals surface area contributed by atoms with Crippen LogP contribution in [0.5, 0.6) is 0 Å². The summed E-state index contributed by atoms with van der Waals surface area (Å²) in [5.74, 6) is -2.12. The molecule has 0 atom stereocenters. The Balaban J connectivity index is 1.50. The number of carbonyl (C=O) groups is 1. The topological polar surface area (TPSA) is 110 Å². The molecule has 0 radical (unpaired) electrons. The minimum atomic E-state index is -0.954. The molecule has 0 aliphatic rings. The van der Waals surface area contributed by atoms with Crippen LogP contribution < -0.4 is 16.6 Å². The number of aromatic nitrogens is 2. The molecule has 2 aromatic heterocycles. The maximum absolute atomic E-state index is 14.1. The van der Waals surface area contributed by atoms with Gasteiger partial charge in [0.2, 0.25) is 0 Å². The standard InChI is InChI=1S/C30H24F2N4O3/c31-22-11-7-21(25(32)16-22)10-14-26(37)27-28(24-2-1-15-34-29(24)36(39)30(27)38)35-23-12-8-20(9-13-23)19-5-3-18(17-33)4-6-19/h1-9,11-13,15-16,35,39H,10,14,17,33H2. The van der Waals surface area contributed by atoms with E-state index in [1.807, 2.05) is 36.4 Å². The van der Waals surface area contributed by atoms with Crippen LogP contribution in [0, 0.1) is 11.6 Å². The number of fused-ring (bicyclic) bond motifs is 1. The van der Waals surface area contributed by atoms with Gasteiger partial charge in [-0.25, -0.2) is 13.8 Å². The minimum Gasteiger partial charge on any atom is -0.423 e. The van der Waals surface area contributed by atoms with Crippen LogP contribution >= 0.6 is 0 Å². The van der Waals surface area contributed by atoms with Crippen molar-refractivity contribution in [3.8, 4) is 11.1 Å². The van der Waals surface area contributed by atoms with E-state index in [4.69, 9.17) is 5.73 Å². The van der Waals surface area contributed by atoms with E-state index in [1.165, 1.54) is 12.3 Å². The van der Waals surface area contributed by atoms with Crippen molar-refractivity contribution in [1.29, 1.82) is 0 Å². The maximum atomic E-state index is 14.1. The highest BCUT2D eigenvalue weighted by molar-refractivity contribution is 6.08. The highest BCUT2D eigenvalue weighted by Crippen LogP contribution is 2.30. The van der Waals surface area contributed by atoms with Gasteiger partial charge >= 0.3 is 0 Å². The van der Waals surface area contributed by atoms with Gasteiger partial charge in [-0.2, -0.15) is 0 Å². The van der Waals surface area contributed by atoms with E-state index in [0.29, 0.717) is 22.3 Å². The van der Waals surface area contributed by atoms with Crippen molar-refractivity contribution in [2.45, 2.75) is 19.4 Å². The Morgan fingerprint density at radius 1 is 0.974 bits per heavy atom. The first kappa shape index (κ1) is 25.7. The van der Waals surface area contributed by atoms with Gasteiger partial charge in [-0.1, -0.05) is 42.5 Å². The van der Waals surface area contributed by atoms with E-state index in [2.05, 4.69) is 10.3 Å². The molecule has 39 heavy (non-hydrogen) atoms. The summed E-state index contributed by atoms with van der Waals surface area (Å²) >= 11 is 0. The molecule has 0 fully saturated rings. The zero-order valence-corrected chi connectivity index (χ0v) is 20.7. The Morgan fingerprint density at radius 2 is 1.67 bits per heavy atom. The van der Waals surface area contributed by atoms with E-state index in [0.717, 1.165) is 28.8 Å². The highest BCUT2D eigenvalue weighted by atomic mass is 19.1. The van der Waals surface area contributed by atoms with Gasteiger partial charge in [-0.3, -0.25) is 9.59 Å². The van der Waals surface area contributed by atoms with Gasteiger partial charge in [0.05, 0.1) is 5.69 Å². The summed E-state index contributed by atoms with van der Waals surface area (Å²) in [5, 5.41) is 14.0. The quantitative estimate of drug-likeness (QED) is 0.179. The molecule has 0 aliphatic heterocycles. The van der Waals surface area contributed by atoms with Gasteiger partial charge in [-0.15, -0.1) is 4.73 Å². The Morgan fingerprint density at radius 3 is 2.33 bits per heavy atom. The largest absolute Gasteiger partial charge is 0.423 e. The molecule has 0 saturated heterocycles. The first-order chi connectivity index (χ1) is 18.9. The molecule has 0 saturated carbocycles. The molecule has 196 valence electrons. The number of rotatable bonds is 8. The Labute approximate surface area is 222 Å². The van der Waals surface area contributed by atoms with Crippen molar-refractivity contribution in [2.24, 2.45) is 5.73 Å². The zero-order valence-electron chi connectivity index (χ0n) is 20.7. The van der Waals surface area contributed by atoms with Crippen LogP contribution in [0.15, 0.2) is 89.9 Å². The van der Waals surface area contributed by atoms with Crippen molar-refractivity contribution in [2.75, 3.05) is 5.32 Å². The number of hydrogen-bond donors (Lipinski definition) is 3. The fourth-order valence-corrected chi connectivity index (χ4v) is 4.41. The summed E-state index contributed by atoms with van der Waals surface area (Å²) in [6, 6.07) is 21.6. The molecule has 7 nitrogen and oxygen atoms in total. The lowest BCUT2D eigenvalue weighted by atomic mass is 10.00. The Hall–Kier alpha value is -4.89. The number of benzene rings is 3. The number of aryl methyl sites for hydroxylation is 1. The van der Waals surface area contributed by atoms with Crippen LogP contribution in [0.3, 0.4) is 0 Å². The highest BCUT2D eigenvalue weighted by Gasteiger charge is 2.23. The number of nitrogens with zero attached hydrogens (tertiary/aromatic N) is 2. The minimum absolute atomic E-state index is 0.0252. The lowest BCUT2D eigenvalue weighted by Crippen LogP contribution is -2.27. The molecule has 0 bridgehead atoms. The molecule has 9 heteroatoms. The van der Waals surface area contributed by atoms with Crippen LogP contribution in [-0.4, -0.2) is 20.7 Å². The summed E-state index contributed by atoms with van der Waals surface area (Å²) in [6.07, 6.45) is 1.12. The molecule has 4 N–H and O–H groups in total. The molecule has 0 spiro atoms. The van der Waals surface area contributed by atoms with E-state index < -0.39 is 23.0 Å². The van der Waals surface area contributed by atoms with Gasteiger partial charge in [0.25, 0.3) is 5.56 Å². The molecule has 5 aromatic rings. The number of nitrogens with two attached hydrogens (primary N) is 1. The van der Waals surface area contributed by atoms with E-state index in [1.54, 1.807) is 24.3 Å². The Bertz CT molecular complexity index is 1730. The summed E-state index contributed by atoms with van der Waals surface area (Å²) in [7, 11) is 0. The van der Waals surface area contributed by atoms with Gasteiger partial charge < -0.3 is 16.3 Å². The van der Waals surface area contributed by atoms with Gasteiger partial charge in [0.15, 0.2) is 11.4 Å². The van der Waals surface area contributed by atoms with Crippen LogP contribution in [0.25, 0.3) is 22.2 Å². The lowest BCUT2D eigenvalue weighted by molar-refractivity contribution is 0.0976. The van der Waals surface area contributed by atoms with Gasteiger partial charge in [-0.05, 0) is 59.0 Å². The molecule has 0 unspecified atom stereocenters. The number of Topliss-reactive ketones (excluding diaryl/α,β-unsaturated/α-hetero) is 1. The van der Waals surface area contributed by atoms with E-state index in [9.17, 15) is 23.6 Å². The summed E-state index contributed by atoms with van der Waals surface area (Å²) in [4.78, 5) is 30.5. The fourth-order valence-electron chi connectivity index (χ4n) is 4.41. The third-order valence-corrected chi connectivity index (χ3v) is 6.51. The number of halogens is 2. The SMILES string of the molecule is NCc1ccc(-c2ccc(Nc3c(C(=O)CCc4ccc(F)cc4F)c(=O)n(O)c4ncccc34)cc2)cc1. The second-order valence-electron chi connectivity index (χ2n) is 9.00. The lowest BCUT2D eigenvalue weighted by Gasteiger charge is -2.16. The number of ketones is 1. The van der Waals surface area contributed by atoms with E-state index in [-0.39, 0.29) is 35.3 Å². The summed E-state index contributed by atoms with van der Waals surface area (Å²) in [6.45, 7) is 0.457. The van der Waals surface area contributed by atoms with Gasteiger partial charge in [0, 0.05) is 36.3 Å². The molecular formula is C30H24F2N4O3. The van der Waals surface area contributed by atoms with Crippen LogP contribution in [0.4, 0.5) is 20.2 Å². The third-order valence-electron chi connectivity index (χ3n) is 6.51. The number of anilines is 2. The molecular weight excluding hydrogens is 502 g/mol. The van der Waals surface area contributed by atoms with Crippen LogP contribution in [-0.2, 0) is 13.0 Å². The molecule has 3 aromatic carbocycles. The van der Waals surface area contributed by atoms with Crippen molar-refractivity contribution >= 4 is 28.2 Å². The van der Waals surface area contributed by atoms with Crippen LogP contribution in [0.1, 0.15) is 27.9 Å². The van der Waals surface area contributed by atoms with E-state index >= 15 is 0 Å². The van der Waals surface area contributed by atoms with Gasteiger partial charge in [0.1, 0.15) is 17.2 Å². The normalized spacial score (nSPS) is 11.1. The second-order valence-corrected chi connectivity index (χ2v) is 9.00. The zero-order chi connectivity index (χ0) is 27.5. The average Bonchev–Trinajstić information content (AvgIpc) is 2.96. The number of pyridine rings is 2. The predicted octanol–water partition coefficient (Wildman–Crippen LogP) is 5.60. The second kappa shape index (κ2) is 10.8.